The zero-order valence-electron chi connectivity index (χ0n) is 13.3. The molecular weight excluding hydrogens is 312 g/mol. The molecule has 1 fully saturated rings. The molecule has 0 saturated carbocycles. The maximum absolute atomic E-state index is 13.2. The lowest BCUT2D eigenvalue weighted by molar-refractivity contribution is -0.240. The molecule has 0 unspecified atom stereocenters. The van der Waals surface area contributed by atoms with E-state index >= 15 is 0 Å². The van der Waals surface area contributed by atoms with Crippen molar-refractivity contribution in [2.24, 2.45) is 0 Å². The van der Waals surface area contributed by atoms with Gasteiger partial charge in [0.05, 0.1) is 31.6 Å². The number of nitrogens with zero attached hydrogens (tertiary/aromatic N) is 1. The first kappa shape index (κ1) is 15.0. The fourth-order valence-electron chi connectivity index (χ4n) is 3.31. The van der Waals surface area contributed by atoms with Crippen LogP contribution in [-0.4, -0.2) is 42.0 Å². The van der Waals surface area contributed by atoms with E-state index in [0.717, 1.165) is 12.1 Å². The summed E-state index contributed by atoms with van der Waals surface area (Å²) in [5, 5.41) is 0. The van der Waals surface area contributed by atoms with Crippen molar-refractivity contribution in [1.29, 1.82) is 0 Å². The van der Waals surface area contributed by atoms with Crippen molar-refractivity contribution in [3.8, 4) is 11.3 Å². The molecule has 7 nitrogen and oxygen atoms in total. The van der Waals surface area contributed by atoms with E-state index in [1.807, 2.05) is 13.0 Å². The van der Waals surface area contributed by atoms with Crippen LogP contribution in [0.3, 0.4) is 0 Å². The van der Waals surface area contributed by atoms with Gasteiger partial charge in [-0.05, 0) is 25.5 Å². The summed E-state index contributed by atoms with van der Waals surface area (Å²) in [6.45, 7) is 2.70. The van der Waals surface area contributed by atoms with Gasteiger partial charge in [0.25, 0.3) is 5.79 Å². The van der Waals surface area contributed by atoms with Crippen molar-refractivity contribution in [2.45, 2.75) is 19.1 Å². The molecule has 4 rings (SSSR count). The molecule has 2 aliphatic rings. The zero-order valence-corrected chi connectivity index (χ0v) is 13.3. The van der Waals surface area contributed by atoms with Gasteiger partial charge in [0.1, 0.15) is 5.69 Å². The molecule has 0 radical (unpaired) electrons. The Bertz CT molecular complexity index is 849. The van der Waals surface area contributed by atoms with Gasteiger partial charge in [-0.25, -0.2) is 4.79 Å². The third-order valence-electron chi connectivity index (χ3n) is 4.33. The second-order valence-electron chi connectivity index (χ2n) is 5.81. The fraction of sp³-hybridized carbons (Fsp3) is 0.353. The summed E-state index contributed by atoms with van der Waals surface area (Å²) in [6.07, 6.45) is 2.14. The number of nitrogens with one attached hydrogen (secondary N) is 1. The first-order valence-electron chi connectivity index (χ1n) is 7.69. The molecule has 1 aliphatic heterocycles. The van der Waals surface area contributed by atoms with Gasteiger partial charge in [0.15, 0.2) is 0 Å². The molecule has 0 atom stereocenters. The van der Waals surface area contributed by atoms with E-state index in [4.69, 9.17) is 14.2 Å². The monoisotopic (exact) mass is 328 g/mol. The number of hydrogen-bond acceptors (Lipinski definition) is 6. The van der Waals surface area contributed by atoms with Crippen LogP contribution >= 0.6 is 0 Å². The summed E-state index contributed by atoms with van der Waals surface area (Å²) in [5.41, 5.74) is 2.88. The van der Waals surface area contributed by atoms with Crippen LogP contribution in [0.4, 0.5) is 0 Å². The number of esters is 1. The van der Waals surface area contributed by atoms with Crippen LogP contribution in [0.2, 0.25) is 0 Å². The highest BCUT2D eigenvalue weighted by atomic mass is 16.7. The summed E-state index contributed by atoms with van der Waals surface area (Å²) in [6, 6.07) is 3.36. The number of hydrogen-bond donors (Lipinski definition) is 1. The summed E-state index contributed by atoms with van der Waals surface area (Å²) in [4.78, 5) is 32.7. The average molecular weight is 328 g/mol. The number of carbonyl (C=O) groups is 2. The summed E-state index contributed by atoms with van der Waals surface area (Å²) >= 11 is 0. The van der Waals surface area contributed by atoms with Crippen molar-refractivity contribution in [2.75, 3.05) is 20.3 Å². The van der Waals surface area contributed by atoms with Crippen molar-refractivity contribution in [1.82, 2.24) is 9.97 Å². The number of rotatable bonds is 1. The zero-order chi connectivity index (χ0) is 16.9. The Balaban J connectivity index is 2.02. The fourth-order valence-corrected chi connectivity index (χ4v) is 3.31. The topological polar surface area (TPSA) is 90.5 Å². The third kappa shape index (κ3) is 1.88. The van der Waals surface area contributed by atoms with E-state index in [0.29, 0.717) is 30.0 Å². The van der Waals surface area contributed by atoms with Crippen LogP contribution in [0.1, 0.15) is 38.5 Å². The first-order chi connectivity index (χ1) is 11.6. The Morgan fingerprint density at radius 3 is 2.83 bits per heavy atom. The number of methoxy groups -OCH3 is 1. The standard InChI is InChI=1S/C17H16N2O5/c1-9-8-11-13(19-9)12-10(16(21)22-2)4-5-18-14(12)15(20)17(11)23-6-3-7-24-17/h4-5,8,19H,3,6-7H2,1-2H3. The Hall–Kier alpha value is -2.51. The van der Waals surface area contributed by atoms with Gasteiger partial charge in [0, 0.05) is 23.0 Å². The molecule has 2 aromatic rings. The van der Waals surface area contributed by atoms with E-state index < -0.39 is 17.5 Å². The van der Waals surface area contributed by atoms with Gasteiger partial charge in [-0.3, -0.25) is 9.78 Å². The van der Waals surface area contributed by atoms with Crippen LogP contribution in [0.25, 0.3) is 11.3 Å². The summed E-state index contributed by atoms with van der Waals surface area (Å²) in [5.74, 6) is -2.41. The lowest BCUT2D eigenvalue weighted by atomic mass is 9.85. The Morgan fingerprint density at radius 1 is 1.38 bits per heavy atom. The second-order valence-corrected chi connectivity index (χ2v) is 5.81. The van der Waals surface area contributed by atoms with Crippen molar-refractivity contribution < 1.29 is 23.8 Å². The number of H-pyrrole nitrogens is 1. The minimum absolute atomic E-state index is 0.147. The number of Topliss-reactive ketones (excluding diaryl/α,β-unsaturated/α-hetero) is 1. The van der Waals surface area contributed by atoms with Crippen LogP contribution < -0.4 is 0 Å². The van der Waals surface area contributed by atoms with Crippen LogP contribution in [0, 0.1) is 6.92 Å². The number of fused-ring (bicyclic) bond motifs is 4. The largest absolute Gasteiger partial charge is 0.465 e. The molecule has 1 spiro atoms. The molecule has 124 valence electrons. The number of aromatic nitrogens is 2. The van der Waals surface area contributed by atoms with Gasteiger partial charge in [0.2, 0.25) is 5.78 Å². The van der Waals surface area contributed by atoms with Gasteiger partial charge in [-0.2, -0.15) is 0 Å². The minimum Gasteiger partial charge on any atom is -0.465 e. The average Bonchev–Trinajstić information content (AvgIpc) is 3.02. The normalized spacial score (nSPS) is 18.2. The SMILES string of the molecule is COC(=O)c1ccnc2c1-c1[nH]c(C)cc1C1(OCCCO1)C2=O. The molecule has 0 aromatic carbocycles. The highest BCUT2D eigenvalue weighted by Crippen LogP contribution is 2.46. The molecule has 1 aliphatic carbocycles. The number of aryl methyl sites for hydroxylation is 1. The van der Waals surface area contributed by atoms with E-state index in [9.17, 15) is 9.59 Å². The van der Waals surface area contributed by atoms with Crippen LogP contribution in [-0.2, 0) is 20.0 Å². The highest BCUT2D eigenvalue weighted by molar-refractivity contribution is 6.13. The summed E-state index contributed by atoms with van der Waals surface area (Å²) in [7, 11) is 1.30. The number of carbonyl (C=O) groups excluding carboxylic acids is 2. The molecule has 0 bridgehead atoms. The highest BCUT2D eigenvalue weighted by Gasteiger charge is 2.52. The molecule has 2 aromatic heterocycles. The molecule has 3 heterocycles. The quantitative estimate of drug-likeness (QED) is 0.805. The predicted octanol–water partition coefficient (Wildman–Crippen LogP) is 1.96. The van der Waals surface area contributed by atoms with Gasteiger partial charge < -0.3 is 19.2 Å². The Kier molecular flexibility index (Phi) is 3.29. The number of ketones is 1. The van der Waals surface area contributed by atoms with Crippen molar-refractivity contribution in [3.05, 3.63) is 40.8 Å². The van der Waals surface area contributed by atoms with E-state index in [1.54, 1.807) is 6.07 Å². The summed E-state index contributed by atoms with van der Waals surface area (Å²) < 4.78 is 16.4. The minimum atomic E-state index is -1.49. The maximum Gasteiger partial charge on any atom is 0.338 e. The Morgan fingerprint density at radius 2 is 2.12 bits per heavy atom. The van der Waals surface area contributed by atoms with E-state index in [2.05, 4.69) is 9.97 Å². The van der Waals surface area contributed by atoms with Crippen molar-refractivity contribution >= 4 is 11.8 Å². The number of pyridine rings is 1. The van der Waals surface area contributed by atoms with Crippen LogP contribution in [0.5, 0.6) is 0 Å². The van der Waals surface area contributed by atoms with Crippen molar-refractivity contribution in [3.63, 3.8) is 0 Å². The number of ether oxygens (including phenoxy) is 3. The van der Waals surface area contributed by atoms with E-state index in [-0.39, 0.29) is 11.3 Å². The Labute approximate surface area is 137 Å². The smallest absolute Gasteiger partial charge is 0.338 e. The maximum atomic E-state index is 13.2. The molecular formula is C17H16N2O5. The molecule has 24 heavy (non-hydrogen) atoms. The van der Waals surface area contributed by atoms with Gasteiger partial charge in [-0.15, -0.1) is 0 Å². The molecule has 1 saturated heterocycles. The van der Waals surface area contributed by atoms with E-state index in [1.165, 1.54) is 13.3 Å². The van der Waals surface area contributed by atoms with Crippen LogP contribution in [0.15, 0.2) is 18.3 Å². The third-order valence-corrected chi connectivity index (χ3v) is 4.33. The lowest BCUT2D eigenvalue weighted by Gasteiger charge is -2.38. The predicted molar refractivity (Wildman–Crippen MR) is 82.6 cm³/mol. The molecule has 0 amide bonds. The van der Waals surface area contributed by atoms with Gasteiger partial charge >= 0.3 is 5.97 Å². The second kappa shape index (κ2) is 5.25. The first-order valence-corrected chi connectivity index (χ1v) is 7.69. The number of aromatic amines is 1. The molecule has 1 N–H and O–H groups in total. The lowest BCUT2D eigenvalue weighted by Crippen LogP contribution is -2.47. The molecule has 7 heteroatoms. The van der Waals surface area contributed by atoms with Gasteiger partial charge in [-0.1, -0.05) is 0 Å².